The number of carboxylic acid groups (broad SMARTS) is 1. The van der Waals surface area contributed by atoms with Gasteiger partial charge in [0.25, 0.3) is 0 Å². The van der Waals surface area contributed by atoms with Crippen LogP contribution in [0.4, 0.5) is 0 Å². The quantitative estimate of drug-likeness (QED) is 0.948. The van der Waals surface area contributed by atoms with Gasteiger partial charge in [0.2, 0.25) is 0 Å². The molecule has 0 radical (unpaired) electrons. The molecule has 1 N–H and O–H groups in total. The Labute approximate surface area is 105 Å². The van der Waals surface area contributed by atoms with E-state index in [-0.39, 0.29) is 11.7 Å². The summed E-state index contributed by atoms with van der Waals surface area (Å²) in [6.45, 7) is 1.93. The summed E-state index contributed by atoms with van der Waals surface area (Å²) in [5.74, 6) is -0.936. The number of rotatable bonds is 3. The number of carbonyl (C=O) groups is 1. The van der Waals surface area contributed by atoms with Crippen LogP contribution in [0.5, 0.6) is 0 Å². The van der Waals surface area contributed by atoms with Crippen molar-refractivity contribution in [1.82, 2.24) is 9.55 Å². The summed E-state index contributed by atoms with van der Waals surface area (Å²) in [6, 6.07) is 1.52. The van der Waals surface area contributed by atoms with Gasteiger partial charge in [-0.05, 0) is 28.9 Å². The topological polar surface area (TPSA) is 55.1 Å². The van der Waals surface area contributed by atoms with Crippen molar-refractivity contribution in [3.63, 3.8) is 0 Å². The van der Waals surface area contributed by atoms with Crippen LogP contribution >= 0.6 is 27.3 Å². The van der Waals surface area contributed by atoms with Crippen molar-refractivity contribution in [1.29, 1.82) is 0 Å². The van der Waals surface area contributed by atoms with Gasteiger partial charge >= 0.3 is 5.97 Å². The number of hydrogen-bond acceptors (Lipinski definition) is 3. The highest BCUT2D eigenvalue weighted by molar-refractivity contribution is 9.10. The molecule has 0 aliphatic rings. The third-order valence-corrected chi connectivity index (χ3v) is 3.64. The van der Waals surface area contributed by atoms with Gasteiger partial charge in [-0.3, -0.25) is 0 Å². The minimum atomic E-state index is -0.936. The van der Waals surface area contributed by atoms with Crippen LogP contribution in [-0.2, 0) is 0 Å². The number of aromatic carboxylic acids is 1. The van der Waals surface area contributed by atoms with Crippen LogP contribution < -0.4 is 0 Å². The second-order valence-electron chi connectivity index (χ2n) is 3.30. The number of halogens is 1. The van der Waals surface area contributed by atoms with Gasteiger partial charge in [0.15, 0.2) is 0 Å². The van der Waals surface area contributed by atoms with Crippen molar-refractivity contribution in [3.8, 4) is 0 Å². The van der Waals surface area contributed by atoms with Gasteiger partial charge in [0.05, 0.1) is 6.04 Å². The fourth-order valence-corrected chi connectivity index (χ4v) is 2.63. The van der Waals surface area contributed by atoms with E-state index in [4.69, 9.17) is 5.11 Å². The highest BCUT2D eigenvalue weighted by atomic mass is 79.9. The van der Waals surface area contributed by atoms with E-state index in [9.17, 15) is 4.79 Å². The van der Waals surface area contributed by atoms with E-state index in [1.165, 1.54) is 11.3 Å². The molecule has 0 saturated carbocycles. The monoisotopic (exact) mass is 300 g/mol. The van der Waals surface area contributed by atoms with Crippen molar-refractivity contribution in [3.05, 3.63) is 39.0 Å². The van der Waals surface area contributed by atoms with Crippen LogP contribution in [0.3, 0.4) is 0 Å². The largest absolute Gasteiger partial charge is 0.477 e. The lowest BCUT2D eigenvalue weighted by Crippen LogP contribution is -2.12. The summed E-state index contributed by atoms with van der Waals surface area (Å²) in [6.07, 6.45) is 3.48. The predicted molar refractivity (Wildman–Crippen MR) is 65.0 cm³/mol. The van der Waals surface area contributed by atoms with E-state index >= 15 is 0 Å². The normalized spacial score (nSPS) is 12.6. The molecule has 0 aliphatic heterocycles. The smallest absolute Gasteiger partial charge is 0.352 e. The molecule has 1 atom stereocenters. The molecule has 0 bridgehead atoms. The maximum Gasteiger partial charge on any atom is 0.352 e. The molecule has 1 unspecified atom stereocenters. The number of carboxylic acids is 1. The minimum absolute atomic E-state index is 0.0719. The van der Waals surface area contributed by atoms with E-state index in [0.29, 0.717) is 0 Å². The Bertz CT molecular complexity index is 507. The first-order valence-electron chi connectivity index (χ1n) is 4.59. The molecule has 2 aromatic heterocycles. The average Bonchev–Trinajstić information content (AvgIpc) is 2.84. The van der Waals surface area contributed by atoms with E-state index in [1.54, 1.807) is 23.0 Å². The number of hydrogen-bond donors (Lipinski definition) is 1. The third kappa shape index (κ3) is 2.03. The Morgan fingerprint density at radius 1 is 1.69 bits per heavy atom. The van der Waals surface area contributed by atoms with Crippen molar-refractivity contribution in [2.75, 3.05) is 0 Å². The fraction of sp³-hybridized carbons (Fsp3) is 0.200. The van der Waals surface area contributed by atoms with E-state index in [2.05, 4.69) is 20.9 Å². The molecule has 0 amide bonds. The van der Waals surface area contributed by atoms with Gasteiger partial charge in [0, 0.05) is 22.2 Å². The molecule has 0 aromatic carbocycles. The molecule has 84 valence electrons. The Hall–Kier alpha value is -1.14. The van der Waals surface area contributed by atoms with E-state index in [1.807, 2.05) is 12.3 Å². The maximum absolute atomic E-state index is 11.1. The van der Waals surface area contributed by atoms with Gasteiger partial charge in [-0.15, -0.1) is 11.3 Å². The predicted octanol–water partition coefficient (Wildman–Crippen LogP) is 3.01. The van der Waals surface area contributed by atoms with Crippen LogP contribution in [0.25, 0.3) is 0 Å². The number of thiazole rings is 1. The molecule has 0 fully saturated rings. The maximum atomic E-state index is 11.1. The Kier molecular flexibility index (Phi) is 3.11. The lowest BCUT2D eigenvalue weighted by molar-refractivity contribution is 0.0684. The molecular weight excluding hydrogens is 292 g/mol. The van der Waals surface area contributed by atoms with Gasteiger partial charge in [-0.2, -0.15) is 0 Å². The average molecular weight is 301 g/mol. The number of nitrogens with zero attached hydrogens (tertiary/aromatic N) is 2. The first-order chi connectivity index (χ1) is 7.59. The molecule has 0 aliphatic carbocycles. The van der Waals surface area contributed by atoms with Crippen LogP contribution in [0.1, 0.15) is 28.5 Å². The van der Waals surface area contributed by atoms with Crippen molar-refractivity contribution >= 4 is 33.2 Å². The highest BCUT2D eigenvalue weighted by Gasteiger charge is 2.18. The zero-order valence-corrected chi connectivity index (χ0v) is 10.8. The molecule has 0 spiro atoms. The highest BCUT2D eigenvalue weighted by Crippen LogP contribution is 2.25. The first-order valence-corrected chi connectivity index (χ1v) is 6.27. The van der Waals surface area contributed by atoms with Crippen molar-refractivity contribution in [2.45, 2.75) is 13.0 Å². The molecule has 2 heterocycles. The lowest BCUT2D eigenvalue weighted by Gasteiger charge is -2.12. The van der Waals surface area contributed by atoms with Crippen LogP contribution in [0.2, 0.25) is 0 Å². The second kappa shape index (κ2) is 4.39. The summed E-state index contributed by atoms with van der Waals surface area (Å²) in [4.78, 5) is 15.2. The van der Waals surface area contributed by atoms with E-state index in [0.717, 1.165) is 9.48 Å². The third-order valence-electron chi connectivity index (χ3n) is 2.26. The fourth-order valence-electron chi connectivity index (χ4n) is 1.50. The molecule has 2 aromatic rings. The molecule has 0 saturated heterocycles. The Morgan fingerprint density at radius 3 is 3.00 bits per heavy atom. The summed E-state index contributed by atoms with van der Waals surface area (Å²) in [5, 5.41) is 11.8. The summed E-state index contributed by atoms with van der Waals surface area (Å²) in [7, 11) is 0. The summed E-state index contributed by atoms with van der Waals surface area (Å²) < 4.78 is 2.46. The zero-order chi connectivity index (χ0) is 11.7. The van der Waals surface area contributed by atoms with Crippen LogP contribution in [0.15, 0.2) is 28.3 Å². The van der Waals surface area contributed by atoms with Crippen LogP contribution in [0, 0.1) is 0 Å². The molecule has 6 heteroatoms. The van der Waals surface area contributed by atoms with Gasteiger partial charge in [0.1, 0.15) is 10.7 Å². The molecular formula is C10H9BrN2O2S. The van der Waals surface area contributed by atoms with Gasteiger partial charge in [-0.25, -0.2) is 9.78 Å². The first kappa shape index (κ1) is 11.3. The second-order valence-corrected chi connectivity index (χ2v) is 5.14. The minimum Gasteiger partial charge on any atom is -0.477 e. The Morgan fingerprint density at radius 2 is 2.44 bits per heavy atom. The molecule has 4 nitrogen and oxygen atoms in total. The lowest BCUT2D eigenvalue weighted by atomic mass is 10.3. The van der Waals surface area contributed by atoms with Crippen molar-refractivity contribution < 1.29 is 9.90 Å². The van der Waals surface area contributed by atoms with Gasteiger partial charge in [-0.1, -0.05) is 0 Å². The van der Waals surface area contributed by atoms with Crippen LogP contribution in [-0.4, -0.2) is 20.6 Å². The Balaban J connectivity index is 2.43. The van der Waals surface area contributed by atoms with Gasteiger partial charge < -0.3 is 9.67 Å². The van der Waals surface area contributed by atoms with Crippen molar-refractivity contribution in [2.24, 2.45) is 0 Å². The summed E-state index contributed by atoms with van der Waals surface area (Å²) >= 11 is 4.80. The van der Waals surface area contributed by atoms with E-state index < -0.39 is 5.97 Å². The standard InChI is InChI=1S/C10H9BrN2O2S/c1-6(9-12-2-3-16-9)13-5-7(11)4-8(13)10(14)15/h2-6H,1H3,(H,14,15). The molecule has 2 rings (SSSR count). The number of aromatic nitrogens is 2. The zero-order valence-electron chi connectivity index (χ0n) is 8.42. The molecule has 16 heavy (non-hydrogen) atoms. The SMILES string of the molecule is CC(c1nccs1)n1cc(Br)cc1C(=O)O. The summed E-state index contributed by atoms with van der Waals surface area (Å²) in [5.41, 5.74) is 0.259.